The van der Waals surface area contributed by atoms with Crippen molar-refractivity contribution in [3.05, 3.63) is 91.9 Å². The highest BCUT2D eigenvalue weighted by Gasteiger charge is 2.17. The Morgan fingerprint density at radius 2 is 1.82 bits per heavy atom. The van der Waals surface area contributed by atoms with Gasteiger partial charge in [0.25, 0.3) is 5.56 Å². The lowest BCUT2D eigenvalue weighted by molar-refractivity contribution is -0.116. The fourth-order valence-electron chi connectivity index (χ4n) is 3.39. The van der Waals surface area contributed by atoms with Crippen molar-refractivity contribution in [3.8, 4) is 5.75 Å². The van der Waals surface area contributed by atoms with E-state index in [1.54, 1.807) is 35.7 Å². The van der Waals surface area contributed by atoms with Crippen molar-refractivity contribution in [3.63, 3.8) is 0 Å². The van der Waals surface area contributed by atoms with E-state index in [2.05, 4.69) is 5.32 Å². The first-order valence-electron chi connectivity index (χ1n) is 10.0. The van der Waals surface area contributed by atoms with E-state index in [0.29, 0.717) is 34.2 Å². The first-order valence-corrected chi connectivity index (χ1v) is 10.9. The first-order chi connectivity index (χ1) is 15.9. The maximum absolute atomic E-state index is 13.9. The van der Waals surface area contributed by atoms with Gasteiger partial charge in [0.15, 0.2) is 0 Å². The number of amides is 1. The molecule has 0 atom stereocenters. The van der Waals surface area contributed by atoms with Crippen LogP contribution < -0.4 is 21.3 Å². The Morgan fingerprint density at radius 1 is 1.06 bits per heavy atom. The molecule has 2 aromatic carbocycles. The SMILES string of the molecule is CCOc1ccc(Cn2c(=O)c3sccc3n(CC(=O)Nc3ccc(F)cc3F)c2=O)cc1. The fraction of sp³-hybridized carbons (Fsp3) is 0.174. The molecule has 33 heavy (non-hydrogen) atoms. The van der Waals surface area contributed by atoms with Crippen molar-refractivity contribution >= 4 is 33.1 Å². The molecule has 0 fully saturated rings. The number of hydrogen-bond donors (Lipinski definition) is 1. The normalized spacial score (nSPS) is 11.0. The predicted octanol–water partition coefficient (Wildman–Crippen LogP) is 3.59. The van der Waals surface area contributed by atoms with Gasteiger partial charge in [-0.3, -0.25) is 18.7 Å². The lowest BCUT2D eigenvalue weighted by Crippen LogP contribution is -2.41. The summed E-state index contributed by atoms with van der Waals surface area (Å²) in [7, 11) is 0. The number of ether oxygens (including phenoxy) is 1. The van der Waals surface area contributed by atoms with E-state index >= 15 is 0 Å². The van der Waals surface area contributed by atoms with Gasteiger partial charge in [-0.2, -0.15) is 0 Å². The molecule has 0 saturated heterocycles. The predicted molar refractivity (Wildman–Crippen MR) is 122 cm³/mol. The molecule has 0 aliphatic heterocycles. The molecule has 0 spiro atoms. The molecule has 2 heterocycles. The maximum atomic E-state index is 13.9. The molecule has 1 amide bonds. The summed E-state index contributed by atoms with van der Waals surface area (Å²) in [5.74, 6) is -1.73. The Kier molecular flexibility index (Phi) is 6.36. The Hall–Kier alpha value is -3.79. The molecule has 0 unspecified atom stereocenters. The molecule has 4 rings (SSSR count). The van der Waals surface area contributed by atoms with Crippen molar-refractivity contribution in [2.24, 2.45) is 0 Å². The number of benzene rings is 2. The summed E-state index contributed by atoms with van der Waals surface area (Å²) < 4.78 is 35.0. The van der Waals surface area contributed by atoms with Gasteiger partial charge in [0.2, 0.25) is 5.91 Å². The third-order valence-corrected chi connectivity index (χ3v) is 5.81. The lowest BCUT2D eigenvalue weighted by Gasteiger charge is -2.13. The van der Waals surface area contributed by atoms with Crippen LogP contribution in [0.5, 0.6) is 5.75 Å². The minimum atomic E-state index is -0.933. The topological polar surface area (TPSA) is 82.3 Å². The van der Waals surface area contributed by atoms with Crippen LogP contribution in [0.2, 0.25) is 0 Å². The zero-order valence-electron chi connectivity index (χ0n) is 17.5. The van der Waals surface area contributed by atoms with Crippen LogP contribution in [0.3, 0.4) is 0 Å². The second-order valence-electron chi connectivity index (χ2n) is 7.14. The molecular weight excluding hydrogens is 452 g/mol. The zero-order valence-corrected chi connectivity index (χ0v) is 18.3. The molecule has 0 radical (unpaired) electrons. The fourth-order valence-corrected chi connectivity index (χ4v) is 4.23. The Bertz CT molecular complexity index is 1440. The number of carbonyl (C=O) groups is 1. The molecule has 170 valence electrons. The van der Waals surface area contributed by atoms with E-state index in [0.717, 1.165) is 28.0 Å². The van der Waals surface area contributed by atoms with Crippen LogP contribution in [-0.2, 0) is 17.9 Å². The number of halogens is 2. The lowest BCUT2D eigenvalue weighted by atomic mass is 10.2. The molecule has 4 aromatic rings. The van der Waals surface area contributed by atoms with Gasteiger partial charge in [-0.1, -0.05) is 12.1 Å². The van der Waals surface area contributed by atoms with Gasteiger partial charge >= 0.3 is 5.69 Å². The highest BCUT2D eigenvalue weighted by atomic mass is 32.1. The van der Waals surface area contributed by atoms with Gasteiger partial charge < -0.3 is 10.1 Å². The summed E-state index contributed by atoms with van der Waals surface area (Å²) in [6.07, 6.45) is 0. The van der Waals surface area contributed by atoms with E-state index in [9.17, 15) is 23.2 Å². The summed E-state index contributed by atoms with van der Waals surface area (Å²) in [4.78, 5) is 38.7. The molecule has 0 aliphatic carbocycles. The standard InChI is InChI=1S/C23H19F2N3O4S/c1-2-32-16-6-3-14(4-7-16)12-28-22(30)21-19(9-10-33-21)27(23(28)31)13-20(29)26-18-8-5-15(24)11-17(18)25/h3-11H,2,12-13H2,1H3,(H,26,29). The van der Waals surface area contributed by atoms with E-state index in [-0.39, 0.29) is 12.2 Å². The molecule has 0 saturated carbocycles. The maximum Gasteiger partial charge on any atom is 0.332 e. The van der Waals surface area contributed by atoms with Crippen LogP contribution in [-0.4, -0.2) is 21.6 Å². The molecule has 1 N–H and O–H groups in total. The Balaban J connectivity index is 1.67. The van der Waals surface area contributed by atoms with Crippen LogP contribution in [0.1, 0.15) is 12.5 Å². The first kappa shape index (κ1) is 22.4. The number of nitrogens with zero attached hydrogens (tertiary/aromatic N) is 2. The van der Waals surface area contributed by atoms with E-state index in [1.807, 2.05) is 6.92 Å². The number of anilines is 1. The number of fused-ring (bicyclic) bond motifs is 1. The summed E-state index contributed by atoms with van der Waals surface area (Å²) in [5.41, 5.74) is -0.320. The quantitative estimate of drug-likeness (QED) is 0.447. The monoisotopic (exact) mass is 471 g/mol. The number of thiophene rings is 1. The minimum absolute atomic E-state index is 0.00607. The van der Waals surface area contributed by atoms with Gasteiger partial charge in [-0.25, -0.2) is 13.6 Å². The molecule has 0 aliphatic rings. The van der Waals surface area contributed by atoms with Crippen molar-refractivity contribution in [1.82, 2.24) is 9.13 Å². The third kappa shape index (κ3) is 4.70. The van der Waals surface area contributed by atoms with E-state index in [1.165, 1.54) is 4.57 Å². The van der Waals surface area contributed by atoms with Crippen molar-refractivity contribution in [1.29, 1.82) is 0 Å². The molecule has 7 nitrogen and oxygen atoms in total. The van der Waals surface area contributed by atoms with Crippen LogP contribution in [0, 0.1) is 11.6 Å². The number of aromatic nitrogens is 2. The number of rotatable bonds is 7. The molecule has 0 bridgehead atoms. The summed E-state index contributed by atoms with van der Waals surface area (Å²) in [6.45, 7) is 1.94. The van der Waals surface area contributed by atoms with Gasteiger partial charge in [0.1, 0.15) is 28.6 Å². The van der Waals surface area contributed by atoms with Gasteiger partial charge in [-0.15, -0.1) is 11.3 Å². The largest absolute Gasteiger partial charge is 0.494 e. The van der Waals surface area contributed by atoms with Crippen molar-refractivity contribution in [2.75, 3.05) is 11.9 Å². The second-order valence-corrected chi connectivity index (χ2v) is 8.06. The smallest absolute Gasteiger partial charge is 0.332 e. The summed E-state index contributed by atoms with van der Waals surface area (Å²) in [5, 5.41) is 3.99. The number of hydrogen-bond acceptors (Lipinski definition) is 5. The molecule has 10 heteroatoms. The van der Waals surface area contributed by atoms with Gasteiger partial charge in [0, 0.05) is 6.07 Å². The van der Waals surface area contributed by atoms with Gasteiger partial charge in [0.05, 0.1) is 24.4 Å². The van der Waals surface area contributed by atoms with Crippen molar-refractivity contribution in [2.45, 2.75) is 20.0 Å². The number of carbonyl (C=O) groups excluding carboxylic acids is 1. The minimum Gasteiger partial charge on any atom is -0.494 e. The van der Waals surface area contributed by atoms with Crippen LogP contribution >= 0.6 is 11.3 Å². The Labute approximate surface area is 190 Å². The summed E-state index contributed by atoms with van der Waals surface area (Å²) >= 11 is 1.16. The van der Waals surface area contributed by atoms with Crippen LogP contribution in [0.15, 0.2) is 63.5 Å². The highest BCUT2D eigenvalue weighted by molar-refractivity contribution is 7.17. The van der Waals surface area contributed by atoms with Crippen LogP contribution in [0.25, 0.3) is 10.2 Å². The molecule has 2 aromatic heterocycles. The average Bonchev–Trinajstić information content (AvgIpc) is 3.28. The Morgan fingerprint density at radius 3 is 2.52 bits per heavy atom. The highest BCUT2D eigenvalue weighted by Crippen LogP contribution is 2.18. The average molecular weight is 471 g/mol. The van der Waals surface area contributed by atoms with Gasteiger partial charge in [-0.05, 0) is 48.2 Å². The second kappa shape index (κ2) is 9.37. The van der Waals surface area contributed by atoms with Crippen LogP contribution in [0.4, 0.5) is 14.5 Å². The number of nitrogens with one attached hydrogen (secondary N) is 1. The van der Waals surface area contributed by atoms with Crippen molar-refractivity contribution < 1.29 is 18.3 Å². The third-order valence-electron chi connectivity index (χ3n) is 4.92. The van der Waals surface area contributed by atoms with E-state index in [4.69, 9.17) is 4.74 Å². The zero-order chi connectivity index (χ0) is 23.5. The summed E-state index contributed by atoms with van der Waals surface area (Å²) in [6, 6.07) is 11.3. The van der Waals surface area contributed by atoms with E-state index < -0.39 is 35.3 Å². The molecular formula is C23H19F2N3O4S.